The molecule has 11 heteroatoms. The number of nitrogens with zero attached hydrogens (tertiary/aromatic N) is 4. The lowest BCUT2D eigenvalue weighted by Crippen LogP contribution is -2.16. The molecular weight excluding hydrogens is 284 g/mol. The second kappa shape index (κ2) is 4.38. The van der Waals surface area contributed by atoms with Gasteiger partial charge in [-0.1, -0.05) is 16.7 Å². The van der Waals surface area contributed by atoms with E-state index in [1.165, 1.54) is 7.05 Å². The van der Waals surface area contributed by atoms with Gasteiger partial charge in [0.05, 0.1) is 7.05 Å². The third-order valence-electron chi connectivity index (χ3n) is 1.88. The quantitative estimate of drug-likeness (QED) is 0.774. The van der Waals surface area contributed by atoms with Gasteiger partial charge < -0.3 is 4.98 Å². The number of nitrogens with one attached hydrogen (secondary N) is 2. The van der Waals surface area contributed by atoms with Crippen LogP contribution in [0.4, 0.5) is 5.95 Å². The van der Waals surface area contributed by atoms with Gasteiger partial charge in [-0.25, -0.2) is 13.1 Å². The topological polar surface area (TPSA) is 123 Å². The summed E-state index contributed by atoms with van der Waals surface area (Å²) < 4.78 is 25.8. The van der Waals surface area contributed by atoms with E-state index in [9.17, 15) is 13.2 Å². The van der Waals surface area contributed by atoms with Gasteiger partial charge in [-0.3, -0.25) is 4.79 Å². The number of aryl methyl sites for hydroxylation is 1. The van der Waals surface area contributed by atoms with Crippen LogP contribution in [0.5, 0.6) is 0 Å². The van der Waals surface area contributed by atoms with E-state index in [0.29, 0.717) is 0 Å². The van der Waals surface area contributed by atoms with Gasteiger partial charge in [0.2, 0.25) is 0 Å². The molecule has 0 aliphatic carbocycles. The van der Waals surface area contributed by atoms with Crippen LogP contribution in [0.3, 0.4) is 0 Å². The normalized spacial score (nSPS) is 11.4. The molecule has 0 saturated carbocycles. The van der Waals surface area contributed by atoms with Gasteiger partial charge in [-0.2, -0.15) is 4.80 Å². The van der Waals surface area contributed by atoms with Crippen molar-refractivity contribution in [1.82, 2.24) is 25.2 Å². The zero-order valence-electron chi connectivity index (χ0n) is 8.95. The zero-order valence-corrected chi connectivity index (χ0v) is 10.5. The number of rotatable bonds is 3. The van der Waals surface area contributed by atoms with Crippen molar-refractivity contribution in [3.8, 4) is 0 Å². The number of tetrazole rings is 1. The van der Waals surface area contributed by atoms with Crippen LogP contribution in [0.1, 0.15) is 0 Å². The van der Waals surface area contributed by atoms with E-state index in [-0.39, 0.29) is 15.9 Å². The molecule has 0 aliphatic heterocycles. The molecule has 96 valence electrons. The number of aromatic nitrogens is 5. The molecule has 2 aromatic rings. The molecule has 9 nitrogen and oxygen atoms in total. The molecule has 0 atom stereocenters. The largest absolute Gasteiger partial charge is 0.326 e. The van der Waals surface area contributed by atoms with Gasteiger partial charge in [-0.15, -0.1) is 5.10 Å². The maximum Gasteiger partial charge on any atom is 0.277 e. The van der Waals surface area contributed by atoms with Crippen LogP contribution >= 0.6 is 11.6 Å². The molecule has 0 fully saturated rings. The van der Waals surface area contributed by atoms with Crippen molar-refractivity contribution in [2.45, 2.75) is 4.90 Å². The van der Waals surface area contributed by atoms with Crippen LogP contribution in [-0.4, -0.2) is 33.6 Å². The average Bonchev–Trinajstić information content (AvgIpc) is 2.67. The highest BCUT2D eigenvalue weighted by Gasteiger charge is 2.18. The molecule has 2 N–H and O–H groups in total. The number of anilines is 1. The number of halogens is 1. The Morgan fingerprint density at radius 2 is 2.22 bits per heavy atom. The smallest absolute Gasteiger partial charge is 0.277 e. The highest BCUT2D eigenvalue weighted by Crippen LogP contribution is 2.13. The number of H-pyrrole nitrogens is 1. The fourth-order valence-corrected chi connectivity index (χ4v) is 2.26. The van der Waals surface area contributed by atoms with Gasteiger partial charge in [0.25, 0.3) is 21.5 Å². The first kappa shape index (κ1) is 12.5. The fraction of sp³-hybridized carbons (Fsp3) is 0.143. The Morgan fingerprint density at radius 3 is 2.78 bits per heavy atom. The fourth-order valence-electron chi connectivity index (χ4n) is 1.10. The summed E-state index contributed by atoms with van der Waals surface area (Å²) >= 11 is 5.54. The lowest BCUT2D eigenvalue weighted by atomic mass is 10.5. The SMILES string of the molecule is Cn1nnc(NS(=O)(=O)c2c[nH]c(=O)c(Cl)c2)n1. The maximum atomic E-state index is 11.9. The minimum atomic E-state index is -3.92. The summed E-state index contributed by atoms with van der Waals surface area (Å²) in [5, 5.41) is 10.4. The van der Waals surface area contributed by atoms with Crippen LogP contribution in [0.2, 0.25) is 5.02 Å². The number of sulfonamides is 1. The third-order valence-corrected chi connectivity index (χ3v) is 3.46. The molecule has 0 amide bonds. The van der Waals surface area contributed by atoms with Gasteiger partial charge in [0.1, 0.15) is 9.92 Å². The highest BCUT2D eigenvalue weighted by molar-refractivity contribution is 7.92. The summed E-state index contributed by atoms with van der Waals surface area (Å²) in [6.07, 6.45) is 1.02. The van der Waals surface area contributed by atoms with Gasteiger partial charge in [0.15, 0.2) is 0 Å². The van der Waals surface area contributed by atoms with Crippen LogP contribution in [-0.2, 0) is 17.1 Å². The highest BCUT2D eigenvalue weighted by atomic mass is 35.5. The number of hydrogen-bond acceptors (Lipinski definition) is 6. The summed E-state index contributed by atoms with van der Waals surface area (Å²) in [7, 11) is -2.43. The van der Waals surface area contributed by atoms with Crippen molar-refractivity contribution in [1.29, 1.82) is 0 Å². The Kier molecular flexibility index (Phi) is 3.05. The van der Waals surface area contributed by atoms with Crippen molar-refractivity contribution in [3.05, 3.63) is 27.6 Å². The average molecular weight is 291 g/mol. The van der Waals surface area contributed by atoms with Gasteiger partial charge in [-0.05, 0) is 11.3 Å². The van der Waals surface area contributed by atoms with Crippen LogP contribution < -0.4 is 10.3 Å². The molecule has 0 bridgehead atoms. The molecule has 0 aromatic carbocycles. The molecule has 2 rings (SSSR count). The Hall–Kier alpha value is -1.94. The Labute approximate surface area is 106 Å². The van der Waals surface area contributed by atoms with Crippen molar-refractivity contribution in [2.75, 3.05) is 4.72 Å². The number of hydrogen-bond donors (Lipinski definition) is 2. The Morgan fingerprint density at radius 1 is 1.50 bits per heavy atom. The molecule has 0 saturated heterocycles. The monoisotopic (exact) mass is 290 g/mol. The summed E-state index contributed by atoms with van der Waals surface area (Å²) in [4.78, 5) is 14.1. The van der Waals surface area contributed by atoms with E-state index in [1.54, 1.807) is 0 Å². The Bertz CT molecular complexity index is 736. The van der Waals surface area contributed by atoms with Gasteiger partial charge >= 0.3 is 0 Å². The summed E-state index contributed by atoms with van der Waals surface area (Å²) in [6.45, 7) is 0. The molecule has 0 radical (unpaired) electrons. The van der Waals surface area contributed by atoms with E-state index < -0.39 is 15.6 Å². The molecule has 0 aliphatic rings. The zero-order chi connectivity index (χ0) is 13.3. The predicted octanol–water partition coefficient (Wildman–Crippen LogP) is -0.647. The summed E-state index contributed by atoms with van der Waals surface area (Å²) in [5.41, 5.74) is -0.576. The molecule has 2 heterocycles. The van der Waals surface area contributed by atoms with E-state index in [0.717, 1.165) is 17.1 Å². The van der Waals surface area contributed by atoms with Crippen molar-refractivity contribution < 1.29 is 8.42 Å². The summed E-state index contributed by atoms with van der Waals surface area (Å²) in [5.74, 6) is -0.181. The van der Waals surface area contributed by atoms with E-state index >= 15 is 0 Å². The van der Waals surface area contributed by atoms with E-state index in [4.69, 9.17) is 11.6 Å². The number of pyridine rings is 1. The maximum absolute atomic E-state index is 11.9. The molecule has 0 unspecified atom stereocenters. The first-order valence-electron chi connectivity index (χ1n) is 4.53. The van der Waals surface area contributed by atoms with Crippen LogP contribution in [0.25, 0.3) is 0 Å². The molecule has 18 heavy (non-hydrogen) atoms. The number of aromatic amines is 1. The lowest BCUT2D eigenvalue weighted by Gasteiger charge is -2.03. The first-order chi connectivity index (χ1) is 8.38. The first-order valence-corrected chi connectivity index (χ1v) is 6.39. The second-order valence-electron chi connectivity index (χ2n) is 3.22. The third kappa shape index (κ3) is 2.49. The summed E-state index contributed by atoms with van der Waals surface area (Å²) in [6, 6.07) is 1.03. The standard InChI is InChI=1S/C7H7ClN6O3S/c1-14-11-7(10-13-14)12-18(16,17)4-2-5(8)6(15)9-3-4/h2-3H,1H3,(H,9,15)(H,11,12). The predicted molar refractivity (Wildman–Crippen MR) is 61.7 cm³/mol. The minimum Gasteiger partial charge on any atom is -0.326 e. The van der Waals surface area contributed by atoms with Crippen molar-refractivity contribution >= 4 is 27.6 Å². The lowest BCUT2D eigenvalue weighted by molar-refractivity contribution is 0.600. The van der Waals surface area contributed by atoms with Crippen LogP contribution in [0, 0.1) is 0 Å². The molecule has 2 aromatic heterocycles. The van der Waals surface area contributed by atoms with E-state index in [2.05, 4.69) is 25.1 Å². The van der Waals surface area contributed by atoms with E-state index in [1.807, 2.05) is 0 Å². The Balaban J connectivity index is 2.36. The van der Waals surface area contributed by atoms with Crippen molar-refractivity contribution in [2.24, 2.45) is 7.05 Å². The molecule has 0 spiro atoms. The minimum absolute atomic E-state index is 0.181. The van der Waals surface area contributed by atoms with Crippen LogP contribution in [0.15, 0.2) is 22.0 Å². The second-order valence-corrected chi connectivity index (χ2v) is 5.31. The van der Waals surface area contributed by atoms with Gasteiger partial charge in [0, 0.05) is 6.20 Å². The molecular formula is C7H7ClN6O3S. The van der Waals surface area contributed by atoms with Crippen molar-refractivity contribution in [3.63, 3.8) is 0 Å².